The number of rotatable bonds is 6. The lowest BCUT2D eigenvalue weighted by Crippen LogP contribution is -2.10. The molecule has 0 radical (unpaired) electrons. The van der Waals surface area contributed by atoms with Gasteiger partial charge < -0.3 is 15.0 Å². The van der Waals surface area contributed by atoms with Gasteiger partial charge in [0.25, 0.3) is 5.89 Å². The molecule has 0 aliphatic heterocycles. The molecule has 0 spiro atoms. The maximum absolute atomic E-state index is 12.4. The molecule has 1 aromatic carbocycles. The summed E-state index contributed by atoms with van der Waals surface area (Å²) in [6.45, 7) is 0.184. The quantitative estimate of drug-likeness (QED) is 0.846. The van der Waals surface area contributed by atoms with E-state index in [9.17, 15) is 4.39 Å². The maximum Gasteiger partial charge on any atom is 0.259 e. The molecule has 5 nitrogen and oxygen atoms in total. The van der Waals surface area contributed by atoms with Crippen LogP contribution in [-0.4, -0.2) is 23.3 Å². The fourth-order valence-corrected chi connectivity index (χ4v) is 2.17. The van der Waals surface area contributed by atoms with Gasteiger partial charge in [-0.15, -0.1) is 12.4 Å². The van der Waals surface area contributed by atoms with E-state index in [0.29, 0.717) is 40.0 Å². The van der Waals surface area contributed by atoms with Crippen molar-refractivity contribution >= 4 is 24.0 Å². The SMILES string of the molecule is Cl.NC/C(=C\F)COc1ccc(-c2nc(C3CC3)no2)c(Cl)c1. The molecule has 1 aliphatic rings. The standard InChI is InChI=1S/C15H15ClFN3O2.ClH/c16-13-5-11(21-8-9(6-17)7-18)3-4-12(13)15-19-14(20-22-15)10-1-2-10;/h3-6,10H,1-2,7-8,18H2;1H/b9-6+;. The Bertz CT molecular complexity index is 702. The van der Waals surface area contributed by atoms with Crippen LogP contribution in [0.1, 0.15) is 24.6 Å². The minimum absolute atomic E-state index is 0. The van der Waals surface area contributed by atoms with Crippen LogP contribution in [0.2, 0.25) is 5.02 Å². The predicted octanol–water partition coefficient (Wildman–Crippen LogP) is 3.88. The maximum atomic E-state index is 12.4. The van der Waals surface area contributed by atoms with Gasteiger partial charge >= 0.3 is 0 Å². The van der Waals surface area contributed by atoms with Gasteiger partial charge in [0.2, 0.25) is 0 Å². The number of nitrogens with zero attached hydrogens (tertiary/aromatic N) is 2. The second-order valence-corrected chi connectivity index (χ2v) is 5.54. The molecule has 8 heteroatoms. The number of ether oxygens (including phenoxy) is 1. The first-order chi connectivity index (χ1) is 10.7. The fraction of sp³-hybridized carbons (Fsp3) is 0.333. The van der Waals surface area contributed by atoms with Crippen LogP contribution < -0.4 is 10.5 Å². The highest BCUT2D eigenvalue weighted by molar-refractivity contribution is 6.33. The Morgan fingerprint density at radius 2 is 2.26 bits per heavy atom. The van der Waals surface area contributed by atoms with E-state index in [1.54, 1.807) is 18.2 Å². The van der Waals surface area contributed by atoms with Crippen LogP contribution in [0.15, 0.2) is 34.6 Å². The van der Waals surface area contributed by atoms with Crippen LogP contribution in [-0.2, 0) is 0 Å². The normalized spacial score (nSPS) is 14.5. The van der Waals surface area contributed by atoms with Gasteiger partial charge in [0, 0.05) is 18.0 Å². The van der Waals surface area contributed by atoms with E-state index in [4.69, 9.17) is 26.6 Å². The molecular formula is C15H16Cl2FN3O2. The largest absolute Gasteiger partial charge is 0.489 e. The number of halogens is 3. The van der Waals surface area contributed by atoms with E-state index in [1.807, 2.05) is 0 Å². The van der Waals surface area contributed by atoms with Crippen LogP contribution >= 0.6 is 24.0 Å². The molecule has 1 aliphatic carbocycles. The summed E-state index contributed by atoms with van der Waals surface area (Å²) in [6, 6.07) is 5.09. The van der Waals surface area contributed by atoms with Crippen molar-refractivity contribution < 1.29 is 13.7 Å². The van der Waals surface area contributed by atoms with E-state index in [-0.39, 0.29) is 25.6 Å². The third-order valence-corrected chi connectivity index (χ3v) is 3.71. The number of nitrogens with two attached hydrogens (primary N) is 1. The summed E-state index contributed by atoms with van der Waals surface area (Å²) < 4.78 is 23.1. The molecule has 2 aromatic rings. The Morgan fingerprint density at radius 1 is 1.48 bits per heavy atom. The molecular weight excluding hydrogens is 344 g/mol. The summed E-state index contributed by atoms with van der Waals surface area (Å²) in [5, 5.41) is 4.39. The van der Waals surface area contributed by atoms with Gasteiger partial charge in [-0.1, -0.05) is 16.8 Å². The molecule has 1 aromatic heterocycles. The molecule has 0 bridgehead atoms. The van der Waals surface area contributed by atoms with Crippen molar-refractivity contribution in [2.45, 2.75) is 18.8 Å². The van der Waals surface area contributed by atoms with Crippen molar-refractivity contribution in [1.29, 1.82) is 0 Å². The summed E-state index contributed by atoms with van der Waals surface area (Å²) in [7, 11) is 0. The van der Waals surface area contributed by atoms with Crippen molar-refractivity contribution in [3.63, 3.8) is 0 Å². The van der Waals surface area contributed by atoms with Gasteiger partial charge in [-0.3, -0.25) is 0 Å². The summed E-state index contributed by atoms with van der Waals surface area (Å²) in [6.07, 6.45) is 2.66. The average molecular weight is 360 g/mol. The fourth-order valence-electron chi connectivity index (χ4n) is 1.92. The molecule has 0 saturated heterocycles. The van der Waals surface area contributed by atoms with Crippen molar-refractivity contribution in [2.75, 3.05) is 13.2 Å². The second kappa shape index (κ2) is 7.77. The Morgan fingerprint density at radius 3 is 2.87 bits per heavy atom. The number of benzene rings is 1. The van der Waals surface area contributed by atoms with Crippen LogP contribution in [0.3, 0.4) is 0 Å². The monoisotopic (exact) mass is 359 g/mol. The summed E-state index contributed by atoms with van der Waals surface area (Å²) >= 11 is 6.23. The van der Waals surface area contributed by atoms with Gasteiger partial charge in [-0.05, 0) is 31.0 Å². The van der Waals surface area contributed by atoms with Gasteiger partial charge in [0.15, 0.2) is 5.82 Å². The van der Waals surface area contributed by atoms with Gasteiger partial charge in [-0.25, -0.2) is 4.39 Å². The molecule has 124 valence electrons. The Balaban J connectivity index is 0.00000192. The van der Waals surface area contributed by atoms with Crippen molar-refractivity contribution in [3.05, 3.63) is 40.9 Å². The van der Waals surface area contributed by atoms with Crippen molar-refractivity contribution in [1.82, 2.24) is 10.1 Å². The molecule has 0 amide bonds. The lowest BCUT2D eigenvalue weighted by atomic mass is 10.2. The molecule has 1 saturated carbocycles. The number of hydrogen-bond donors (Lipinski definition) is 1. The van der Waals surface area contributed by atoms with E-state index in [2.05, 4.69) is 10.1 Å². The van der Waals surface area contributed by atoms with Crippen LogP contribution in [0.5, 0.6) is 5.75 Å². The highest BCUT2D eigenvalue weighted by Crippen LogP contribution is 2.39. The van der Waals surface area contributed by atoms with Gasteiger partial charge in [-0.2, -0.15) is 4.98 Å². The molecule has 2 N–H and O–H groups in total. The second-order valence-electron chi connectivity index (χ2n) is 5.13. The summed E-state index contributed by atoms with van der Waals surface area (Å²) in [5.74, 6) is 2.06. The molecule has 0 unspecified atom stereocenters. The minimum atomic E-state index is 0. The zero-order valence-electron chi connectivity index (χ0n) is 12.2. The van der Waals surface area contributed by atoms with Crippen LogP contribution in [0.4, 0.5) is 4.39 Å². The molecule has 1 fully saturated rings. The molecule has 23 heavy (non-hydrogen) atoms. The first kappa shape index (κ1) is 17.7. The van der Waals surface area contributed by atoms with E-state index in [1.165, 1.54) is 0 Å². The first-order valence-electron chi connectivity index (χ1n) is 6.95. The van der Waals surface area contributed by atoms with Crippen LogP contribution in [0, 0.1) is 0 Å². The first-order valence-corrected chi connectivity index (χ1v) is 7.33. The van der Waals surface area contributed by atoms with Gasteiger partial charge in [0.05, 0.1) is 16.9 Å². The third-order valence-electron chi connectivity index (χ3n) is 3.40. The van der Waals surface area contributed by atoms with Crippen molar-refractivity contribution in [3.8, 4) is 17.2 Å². The molecule has 3 rings (SSSR count). The van der Waals surface area contributed by atoms with E-state index >= 15 is 0 Å². The predicted molar refractivity (Wildman–Crippen MR) is 87.7 cm³/mol. The summed E-state index contributed by atoms with van der Waals surface area (Å²) in [5.41, 5.74) is 6.38. The Hall–Kier alpha value is -1.63. The topological polar surface area (TPSA) is 74.2 Å². The molecule has 0 atom stereocenters. The Labute approximate surface area is 144 Å². The average Bonchev–Trinajstić information content (AvgIpc) is 3.27. The highest BCUT2D eigenvalue weighted by atomic mass is 35.5. The lowest BCUT2D eigenvalue weighted by Gasteiger charge is -2.08. The zero-order chi connectivity index (χ0) is 15.5. The van der Waals surface area contributed by atoms with Crippen LogP contribution in [0.25, 0.3) is 11.5 Å². The van der Waals surface area contributed by atoms with E-state index in [0.717, 1.165) is 18.7 Å². The lowest BCUT2D eigenvalue weighted by molar-refractivity contribution is 0.347. The molecule has 1 heterocycles. The highest BCUT2D eigenvalue weighted by Gasteiger charge is 2.29. The summed E-state index contributed by atoms with van der Waals surface area (Å²) in [4.78, 5) is 4.36. The number of hydrogen-bond acceptors (Lipinski definition) is 5. The zero-order valence-corrected chi connectivity index (χ0v) is 13.7. The van der Waals surface area contributed by atoms with E-state index < -0.39 is 0 Å². The minimum Gasteiger partial charge on any atom is -0.489 e. The Kier molecular flexibility index (Phi) is 5.98. The van der Waals surface area contributed by atoms with Gasteiger partial charge in [0.1, 0.15) is 12.4 Å². The number of aromatic nitrogens is 2. The smallest absolute Gasteiger partial charge is 0.259 e. The third kappa shape index (κ3) is 4.22. The van der Waals surface area contributed by atoms with Crippen molar-refractivity contribution in [2.24, 2.45) is 5.73 Å².